The standard InChI is InChI=1S/C52H38N4O/c1-3-4-24-48-49(52-54-50(37-16-8-5-9-17-37)53-51(55(52)2)38-18-10-6-11-19-38)44-34-40(30-32-47(44)57-48)36-27-25-35(26-28-36)39-29-31-46-43(33-39)42-22-14-15-23-45(42)56(46)41-20-12-7-13-21-41/h3-34H,1-2H3/b4-3-,48-24+,52-49-. The van der Waals surface area contributed by atoms with Crippen molar-refractivity contribution in [3.05, 3.63) is 210 Å². The molecule has 0 N–H and O–H groups in total. The molecular weight excluding hydrogens is 697 g/mol. The van der Waals surface area contributed by atoms with Crippen LogP contribution in [0, 0.1) is 0 Å². The number of fused-ring (bicyclic) bond motifs is 4. The summed E-state index contributed by atoms with van der Waals surface area (Å²) in [6.45, 7) is 2.01. The number of rotatable bonds is 6. The van der Waals surface area contributed by atoms with Crippen molar-refractivity contribution in [3.8, 4) is 27.9 Å². The Bertz CT molecular complexity index is 3170. The summed E-state index contributed by atoms with van der Waals surface area (Å²) in [5.41, 5.74) is 11.6. The molecule has 0 radical (unpaired) electrons. The van der Waals surface area contributed by atoms with Crippen LogP contribution in [0.4, 0.5) is 0 Å². The van der Waals surface area contributed by atoms with Crippen LogP contribution in [0.15, 0.2) is 202 Å². The van der Waals surface area contributed by atoms with Crippen molar-refractivity contribution >= 4 is 56.3 Å². The number of para-hydroxylation sites is 2. The Balaban J connectivity index is 1.09. The molecule has 3 heterocycles. The lowest BCUT2D eigenvalue weighted by Gasteiger charge is -2.26. The molecule has 5 heteroatoms. The average molecular weight is 735 g/mol. The van der Waals surface area contributed by atoms with E-state index in [0.717, 1.165) is 61.2 Å². The number of aromatic nitrogens is 1. The van der Waals surface area contributed by atoms with E-state index in [2.05, 4.69) is 149 Å². The van der Waals surface area contributed by atoms with E-state index in [1.165, 1.54) is 32.9 Å². The fraction of sp³-hybridized carbons (Fsp3) is 0.0385. The topological polar surface area (TPSA) is 46.0 Å². The summed E-state index contributed by atoms with van der Waals surface area (Å²) < 4.78 is 8.94. The molecular formula is C52H38N4O. The minimum absolute atomic E-state index is 0.656. The Labute approximate surface area is 330 Å². The molecule has 0 aliphatic carbocycles. The zero-order chi connectivity index (χ0) is 38.3. The molecule has 0 bridgehead atoms. The van der Waals surface area contributed by atoms with E-state index in [1.54, 1.807) is 0 Å². The fourth-order valence-electron chi connectivity index (χ4n) is 7.95. The number of hydrogen-bond donors (Lipinski definition) is 0. The van der Waals surface area contributed by atoms with Crippen molar-refractivity contribution < 1.29 is 4.42 Å². The molecule has 1 aliphatic heterocycles. The zero-order valence-corrected chi connectivity index (χ0v) is 31.7. The Kier molecular flexibility index (Phi) is 8.53. The molecule has 0 saturated heterocycles. The molecule has 7 aromatic carbocycles. The van der Waals surface area contributed by atoms with Gasteiger partial charge in [-0.2, -0.15) is 0 Å². The van der Waals surface area contributed by atoms with Crippen LogP contribution in [0.2, 0.25) is 0 Å². The van der Waals surface area contributed by atoms with Gasteiger partial charge in [-0.15, -0.1) is 0 Å². The molecule has 0 saturated carbocycles. The Morgan fingerprint density at radius 2 is 1.09 bits per heavy atom. The molecule has 2 aromatic heterocycles. The quantitative estimate of drug-likeness (QED) is 0.171. The number of amidine groups is 2. The molecule has 57 heavy (non-hydrogen) atoms. The van der Waals surface area contributed by atoms with Crippen molar-refractivity contribution in [2.24, 2.45) is 9.98 Å². The Morgan fingerprint density at radius 1 is 0.509 bits per heavy atom. The molecule has 0 spiro atoms. The Morgan fingerprint density at radius 3 is 1.79 bits per heavy atom. The van der Waals surface area contributed by atoms with Gasteiger partial charge in [0.05, 0.1) is 16.3 Å². The lowest BCUT2D eigenvalue weighted by Crippen LogP contribution is -2.37. The van der Waals surface area contributed by atoms with Crippen LogP contribution in [0.5, 0.6) is 0 Å². The van der Waals surface area contributed by atoms with Crippen LogP contribution in [-0.2, 0) is 0 Å². The highest BCUT2D eigenvalue weighted by Gasteiger charge is 2.24. The summed E-state index contributed by atoms with van der Waals surface area (Å²) in [5, 5.41) is 4.39. The van der Waals surface area contributed by atoms with Gasteiger partial charge in [-0.3, -0.25) is 0 Å². The smallest absolute Gasteiger partial charge is 0.163 e. The van der Waals surface area contributed by atoms with Crippen molar-refractivity contribution in [1.29, 1.82) is 0 Å². The fourth-order valence-corrected chi connectivity index (χ4v) is 7.95. The van der Waals surface area contributed by atoms with Gasteiger partial charge < -0.3 is 13.9 Å². The van der Waals surface area contributed by atoms with Gasteiger partial charge in [0.2, 0.25) is 0 Å². The van der Waals surface area contributed by atoms with E-state index in [9.17, 15) is 0 Å². The first-order valence-corrected chi connectivity index (χ1v) is 19.3. The van der Waals surface area contributed by atoms with Gasteiger partial charge in [0.15, 0.2) is 5.84 Å². The molecule has 1 aliphatic rings. The van der Waals surface area contributed by atoms with Gasteiger partial charge >= 0.3 is 0 Å². The first kappa shape index (κ1) is 34.0. The van der Waals surface area contributed by atoms with Crippen molar-refractivity contribution in [1.82, 2.24) is 9.47 Å². The molecule has 5 nitrogen and oxygen atoms in total. The molecule has 10 rings (SSSR count). The van der Waals surface area contributed by atoms with Crippen LogP contribution < -0.4 is 10.6 Å². The maximum atomic E-state index is 6.58. The van der Waals surface area contributed by atoms with E-state index in [-0.39, 0.29) is 0 Å². The summed E-state index contributed by atoms with van der Waals surface area (Å²) in [5.74, 6) is 2.25. The van der Waals surface area contributed by atoms with Crippen LogP contribution in [0.3, 0.4) is 0 Å². The van der Waals surface area contributed by atoms with Gasteiger partial charge in [0.1, 0.15) is 22.7 Å². The number of furan rings is 1. The molecule has 0 fully saturated rings. The van der Waals surface area contributed by atoms with Gasteiger partial charge in [-0.05, 0) is 77.7 Å². The highest BCUT2D eigenvalue weighted by Crippen LogP contribution is 2.35. The van der Waals surface area contributed by atoms with E-state index in [4.69, 9.17) is 14.4 Å². The molecule has 9 aromatic rings. The summed E-state index contributed by atoms with van der Waals surface area (Å²) in [4.78, 5) is 12.4. The third-order valence-electron chi connectivity index (χ3n) is 10.7. The maximum Gasteiger partial charge on any atom is 0.163 e. The number of hydrogen-bond acceptors (Lipinski definition) is 4. The lowest BCUT2D eigenvalue weighted by molar-refractivity contribution is 0.572. The molecule has 0 unspecified atom stereocenters. The van der Waals surface area contributed by atoms with Crippen molar-refractivity contribution in [2.45, 2.75) is 6.92 Å². The first-order chi connectivity index (χ1) is 28.1. The third kappa shape index (κ3) is 6.06. The predicted molar refractivity (Wildman–Crippen MR) is 237 cm³/mol. The van der Waals surface area contributed by atoms with Gasteiger partial charge in [0, 0.05) is 40.0 Å². The highest BCUT2D eigenvalue weighted by molar-refractivity contribution is 6.16. The Hall–Kier alpha value is -7.50. The van der Waals surface area contributed by atoms with Crippen molar-refractivity contribution in [3.63, 3.8) is 0 Å². The molecule has 0 atom stereocenters. The second kappa shape index (κ2) is 14.3. The zero-order valence-electron chi connectivity index (χ0n) is 31.7. The van der Waals surface area contributed by atoms with Crippen LogP contribution in [-0.4, -0.2) is 28.2 Å². The van der Waals surface area contributed by atoms with Crippen LogP contribution in [0.25, 0.3) is 72.6 Å². The minimum Gasteiger partial charge on any atom is -0.456 e. The third-order valence-corrected chi connectivity index (χ3v) is 10.7. The van der Waals surface area contributed by atoms with E-state index in [0.29, 0.717) is 5.84 Å². The van der Waals surface area contributed by atoms with Crippen LogP contribution >= 0.6 is 0 Å². The average Bonchev–Trinajstić information content (AvgIpc) is 3.81. The van der Waals surface area contributed by atoms with E-state index in [1.807, 2.05) is 68.6 Å². The SMILES string of the molecule is C\C=C/C=c1/oc2ccc(-c3ccc(-c4ccc5c(c4)c4ccccc4n5-c4ccccc4)cc3)cc2/c1=C1\N=C(c2ccccc2)N=C(c2ccccc2)N1C. The summed E-state index contributed by atoms with van der Waals surface area (Å²) in [6, 6.07) is 61.8. The number of benzene rings is 7. The monoisotopic (exact) mass is 734 g/mol. The predicted octanol–water partition coefficient (Wildman–Crippen LogP) is 11.1. The molecule has 272 valence electrons. The number of allylic oxidation sites excluding steroid dienone is 2. The van der Waals surface area contributed by atoms with Crippen molar-refractivity contribution in [2.75, 3.05) is 7.05 Å². The number of nitrogens with zero attached hydrogens (tertiary/aromatic N) is 4. The van der Waals surface area contributed by atoms with Gasteiger partial charge in [-0.25, -0.2) is 9.98 Å². The van der Waals surface area contributed by atoms with E-state index < -0.39 is 0 Å². The second-order valence-corrected chi connectivity index (χ2v) is 14.2. The minimum atomic E-state index is 0.656. The largest absolute Gasteiger partial charge is 0.456 e. The normalized spacial score (nSPS) is 14.6. The highest BCUT2D eigenvalue weighted by atomic mass is 16.3. The molecule has 0 amide bonds. The van der Waals surface area contributed by atoms with Gasteiger partial charge in [-0.1, -0.05) is 146 Å². The lowest BCUT2D eigenvalue weighted by atomic mass is 9.98. The number of aliphatic imine (C=N–C) groups is 2. The maximum absolute atomic E-state index is 6.58. The van der Waals surface area contributed by atoms with Gasteiger partial charge in [0.25, 0.3) is 0 Å². The summed E-state index contributed by atoms with van der Waals surface area (Å²) in [6.07, 6.45) is 6.03. The van der Waals surface area contributed by atoms with E-state index >= 15 is 0 Å². The first-order valence-electron chi connectivity index (χ1n) is 19.3. The summed E-state index contributed by atoms with van der Waals surface area (Å²) >= 11 is 0. The second-order valence-electron chi connectivity index (χ2n) is 14.2. The summed E-state index contributed by atoms with van der Waals surface area (Å²) in [7, 11) is 2.03. The van der Waals surface area contributed by atoms with Crippen LogP contribution in [0.1, 0.15) is 18.1 Å².